The third-order valence-corrected chi connectivity index (χ3v) is 7.10. The zero-order valence-electron chi connectivity index (χ0n) is 19.8. The standard InChI is InChI=1S/C26H28BrFN4O3/c1-3-22-24(27)25(30-31(22)2)26(34)32-14-12-18(13-15-32)17-4-8-20(9-5-17)29-23(33)16-35-21-10-6-19(28)7-11-21/h4-11,18H,3,12-16H2,1-2H3,(H,29,33). The summed E-state index contributed by atoms with van der Waals surface area (Å²) in [6, 6.07) is 13.3. The number of carbonyl (C=O) groups excluding carboxylic acids is 2. The fraction of sp³-hybridized carbons (Fsp3) is 0.346. The molecule has 0 aliphatic carbocycles. The maximum absolute atomic E-state index is 13.0. The first-order valence-electron chi connectivity index (χ1n) is 11.6. The Hall–Kier alpha value is -3.20. The maximum atomic E-state index is 13.0. The molecule has 0 atom stereocenters. The van der Waals surface area contributed by atoms with E-state index in [9.17, 15) is 14.0 Å². The molecule has 0 bridgehead atoms. The summed E-state index contributed by atoms with van der Waals surface area (Å²) in [7, 11) is 1.86. The molecule has 9 heteroatoms. The summed E-state index contributed by atoms with van der Waals surface area (Å²) in [5.74, 6) is 0.102. The number of aromatic nitrogens is 2. The van der Waals surface area contributed by atoms with Crippen molar-refractivity contribution in [1.82, 2.24) is 14.7 Å². The highest BCUT2D eigenvalue weighted by molar-refractivity contribution is 9.10. The van der Waals surface area contributed by atoms with Crippen LogP contribution >= 0.6 is 15.9 Å². The van der Waals surface area contributed by atoms with E-state index in [1.165, 1.54) is 29.8 Å². The first kappa shape index (κ1) is 24.9. The van der Waals surface area contributed by atoms with Crippen molar-refractivity contribution in [3.8, 4) is 5.75 Å². The van der Waals surface area contributed by atoms with Gasteiger partial charge in [0.2, 0.25) is 0 Å². The van der Waals surface area contributed by atoms with Crippen molar-refractivity contribution < 1.29 is 18.7 Å². The molecule has 1 aliphatic rings. The van der Waals surface area contributed by atoms with Gasteiger partial charge in [-0.15, -0.1) is 0 Å². The number of ether oxygens (including phenoxy) is 1. The molecular formula is C26H28BrFN4O3. The molecule has 3 aromatic rings. The largest absolute Gasteiger partial charge is 0.484 e. The van der Waals surface area contributed by atoms with Crippen LogP contribution in [-0.2, 0) is 18.3 Å². The summed E-state index contributed by atoms with van der Waals surface area (Å²) in [6.45, 7) is 3.23. The molecule has 2 heterocycles. The zero-order chi connectivity index (χ0) is 24.9. The lowest BCUT2D eigenvalue weighted by Crippen LogP contribution is -2.38. The van der Waals surface area contributed by atoms with Crippen LogP contribution in [0.1, 0.15) is 47.4 Å². The summed E-state index contributed by atoms with van der Waals surface area (Å²) >= 11 is 3.54. The van der Waals surface area contributed by atoms with E-state index >= 15 is 0 Å². The molecule has 0 radical (unpaired) electrons. The average molecular weight is 543 g/mol. The van der Waals surface area contributed by atoms with Gasteiger partial charge in [-0.2, -0.15) is 5.10 Å². The van der Waals surface area contributed by atoms with Gasteiger partial charge < -0.3 is 15.0 Å². The third kappa shape index (κ3) is 5.90. The Morgan fingerprint density at radius 2 is 1.77 bits per heavy atom. The number of anilines is 1. The van der Waals surface area contributed by atoms with Gasteiger partial charge >= 0.3 is 0 Å². The van der Waals surface area contributed by atoms with Gasteiger partial charge in [0.25, 0.3) is 11.8 Å². The molecule has 1 N–H and O–H groups in total. The quantitative estimate of drug-likeness (QED) is 0.459. The maximum Gasteiger partial charge on any atom is 0.275 e. The van der Waals surface area contributed by atoms with E-state index in [-0.39, 0.29) is 24.2 Å². The van der Waals surface area contributed by atoms with E-state index in [0.29, 0.717) is 36.1 Å². The van der Waals surface area contributed by atoms with Crippen LogP contribution < -0.4 is 10.1 Å². The molecule has 2 amide bonds. The average Bonchev–Trinajstić information content (AvgIpc) is 3.16. The van der Waals surface area contributed by atoms with E-state index in [1.807, 2.05) is 43.1 Å². The Balaban J connectivity index is 1.27. The van der Waals surface area contributed by atoms with Crippen molar-refractivity contribution in [3.63, 3.8) is 0 Å². The molecule has 7 nitrogen and oxygen atoms in total. The van der Waals surface area contributed by atoms with Crippen molar-refractivity contribution in [2.75, 3.05) is 25.0 Å². The molecule has 0 unspecified atom stereocenters. The summed E-state index contributed by atoms with van der Waals surface area (Å²) in [4.78, 5) is 27.0. The number of nitrogens with one attached hydrogen (secondary N) is 1. The number of nitrogens with zero attached hydrogens (tertiary/aromatic N) is 3. The smallest absolute Gasteiger partial charge is 0.275 e. The Morgan fingerprint density at radius 3 is 2.37 bits per heavy atom. The minimum atomic E-state index is -0.356. The van der Waals surface area contributed by atoms with E-state index in [1.54, 1.807) is 4.68 Å². The van der Waals surface area contributed by atoms with Crippen LogP contribution in [0.5, 0.6) is 5.75 Å². The second-order valence-corrected chi connectivity index (χ2v) is 9.36. The van der Waals surface area contributed by atoms with E-state index in [2.05, 4.69) is 26.3 Å². The van der Waals surface area contributed by atoms with Crippen LogP contribution in [0.2, 0.25) is 0 Å². The lowest BCUT2D eigenvalue weighted by Gasteiger charge is -2.32. The predicted molar refractivity (Wildman–Crippen MR) is 135 cm³/mol. The van der Waals surface area contributed by atoms with Gasteiger partial charge in [0.1, 0.15) is 11.6 Å². The highest BCUT2D eigenvalue weighted by atomic mass is 79.9. The molecule has 184 valence electrons. The van der Waals surface area contributed by atoms with Crippen LogP contribution in [0.3, 0.4) is 0 Å². The number of likely N-dealkylation sites (tertiary alicyclic amines) is 1. The number of amides is 2. The van der Waals surface area contributed by atoms with Gasteiger partial charge in [-0.1, -0.05) is 19.1 Å². The Kier molecular flexibility index (Phi) is 7.85. The van der Waals surface area contributed by atoms with Crippen molar-refractivity contribution in [2.24, 2.45) is 7.05 Å². The molecular weight excluding hydrogens is 515 g/mol. The summed E-state index contributed by atoms with van der Waals surface area (Å²) in [6.07, 6.45) is 2.54. The molecule has 1 aliphatic heterocycles. The molecule has 35 heavy (non-hydrogen) atoms. The molecule has 4 rings (SSSR count). The van der Waals surface area contributed by atoms with Gasteiger partial charge in [0.15, 0.2) is 12.3 Å². The Labute approximate surface area is 212 Å². The lowest BCUT2D eigenvalue weighted by atomic mass is 9.89. The number of hydrogen-bond acceptors (Lipinski definition) is 4. The summed E-state index contributed by atoms with van der Waals surface area (Å²) in [5.41, 5.74) is 3.36. The zero-order valence-corrected chi connectivity index (χ0v) is 21.3. The van der Waals surface area contributed by atoms with Crippen LogP contribution in [0.25, 0.3) is 0 Å². The lowest BCUT2D eigenvalue weighted by molar-refractivity contribution is -0.118. The predicted octanol–water partition coefficient (Wildman–Crippen LogP) is 4.92. The van der Waals surface area contributed by atoms with E-state index < -0.39 is 0 Å². The van der Waals surface area contributed by atoms with Crippen molar-refractivity contribution in [1.29, 1.82) is 0 Å². The molecule has 1 aromatic heterocycles. The van der Waals surface area contributed by atoms with Crippen LogP contribution in [-0.4, -0.2) is 46.2 Å². The SMILES string of the molecule is CCc1c(Br)c(C(=O)N2CCC(c3ccc(NC(=O)COc4ccc(F)cc4)cc3)CC2)nn1C. The number of halogens is 2. The monoisotopic (exact) mass is 542 g/mol. The van der Waals surface area contributed by atoms with Gasteiger partial charge in [0, 0.05) is 25.8 Å². The summed E-state index contributed by atoms with van der Waals surface area (Å²) in [5, 5.41) is 7.23. The van der Waals surface area contributed by atoms with Crippen molar-refractivity contribution >= 4 is 33.4 Å². The number of aryl methyl sites for hydroxylation is 1. The number of rotatable bonds is 7. The molecule has 1 saturated heterocycles. The molecule has 0 saturated carbocycles. The molecule has 0 spiro atoms. The number of benzene rings is 2. The summed E-state index contributed by atoms with van der Waals surface area (Å²) < 4.78 is 20.9. The minimum absolute atomic E-state index is 0.0356. The third-order valence-electron chi connectivity index (χ3n) is 6.27. The van der Waals surface area contributed by atoms with Crippen molar-refractivity contribution in [3.05, 3.63) is 75.8 Å². The molecule has 1 fully saturated rings. The topological polar surface area (TPSA) is 76.5 Å². The van der Waals surface area contributed by atoms with E-state index in [0.717, 1.165) is 29.4 Å². The fourth-order valence-corrected chi connectivity index (χ4v) is 5.12. The number of hydrogen-bond donors (Lipinski definition) is 1. The van der Waals surface area contributed by atoms with E-state index in [4.69, 9.17) is 4.74 Å². The fourth-order valence-electron chi connectivity index (χ4n) is 4.33. The number of piperidine rings is 1. The second-order valence-electron chi connectivity index (χ2n) is 8.57. The first-order valence-corrected chi connectivity index (χ1v) is 12.4. The van der Waals surface area contributed by atoms with Gasteiger partial charge in [-0.05, 0) is 83.1 Å². The Bertz CT molecular complexity index is 1190. The highest BCUT2D eigenvalue weighted by Crippen LogP contribution is 2.31. The van der Waals surface area contributed by atoms with Crippen molar-refractivity contribution in [2.45, 2.75) is 32.1 Å². The minimum Gasteiger partial charge on any atom is -0.484 e. The van der Waals surface area contributed by atoms with Gasteiger partial charge in [-0.3, -0.25) is 14.3 Å². The second kappa shape index (κ2) is 11.0. The van der Waals surface area contributed by atoms with Crippen LogP contribution in [0, 0.1) is 5.82 Å². The highest BCUT2D eigenvalue weighted by Gasteiger charge is 2.28. The molecule has 2 aromatic carbocycles. The number of carbonyl (C=O) groups is 2. The normalized spacial score (nSPS) is 14.1. The Morgan fingerprint density at radius 1 is 1.11 bits per heavy atom. The first-order chi connectivity index (χ1) is 16.9. The van der Waals surface area contributed by atoms with Gasteiger partial charge in [0.05, 0.1) is 10.2 Å². The van der Waals surface area contributed by atoms with Crippen LogP contribution in [0.4, 0.5) is 10.1 Å². The van der Waals surface area contributed by atoms with Crippen LogP contribution in [0.15, 0.2) is 53.0 Å². The van der Waals surface area contributed by atoms with Gasteiger partial charge in [-0.25, -0.2) is 4.39 Å².